The third kappa shape index (κ3) is 4.53. The lowest BCUT2D eigenvalue weighted by Gasteiger charge is -2.30. The second-order valence-electron chi connectivity index (χ2n) is 6.88. The number of anilines is 1. The van der Waals surface area contributed by atoms with Crippen molar-refractivity contribution in [2.75, 3.05) is 25.0 Å². The molecule has 0 spiro atoms. The van der Waals surface area contributed by atoms with Gasteiger partial charge in [-0.3, -0.25) is 14.4 Å². The maximum atomic E-state index is 12.2. The SMILES string of the molecule is NC(=O)C1CCN(C(=O)CCCOc2ccc3c(c2)CCC(=O)N3)CC1. The van der Waals surface area contributed by atoms with Crippen LogP contribution in [-0.4, -0.2) is 42.3 Å². The number of amides is 3. The van der Waals surface area contributed by atoms with Crippen LogP contribution >= 0.6 is 0 Å². The van der Waals surface area contributed by atoms with Gasteiger partial charge in [0.25, 0.3) is 0 Å². The molecule has 1 fully saturated rings. The van der Waals surface area contributed by atoms with Crippen LogP contribution in [0.15, 0.2) is 18.2 Å². The quantitative estimate of drug-likeness (QED) is 0.751. The average molecular weight is 359 g/mol. The fourth-order valence-electron chi connectivity index (χ4n) is 3.43. The number of carbonyl (C=O) groups excluding carboxylic acids is 3. The van der Waals surface area contributed by atoms with Gasteiger partial charge in [0.1, 0.15) is 5.75 Å². The van der Waals surface area contributed by atoms with Crippen LogP contribution in [0.4, 0.5) is 5.69 Å². The average Bonchev–Trinajstić information content (AvgIpc) is 2.65. The van der Waals surface area contributed by atoms with Crippen LogP contribution in [0, 0.1) is 5.92 Å². The maximum Gasteiger partial charge on any atom is 0.224 e. The van der Waals surface area contributed by atoms with E-state index in [0.29, 0.717) is 51.8 Å². The number of piperidine rings is 1. The molecule has 1 aromatic carbocycles. The monoisotopic (exact) mass is 359 g/mol. The highest BCUT2D eigenvalue weighted by Gasteiger charge is 2.25. The minimum absolute atomic E-state index is 0.0459. The molecular formula is C19H25N3O4. The Morgan fingerprint density at radius 3 is 2.73 bits per heavy atom. The summed E-state index contributed by atoms with van der Waals surface area (Å²) in [5.41, 5.74) is 7.24. The zero-order valence-electron chi connectivity index (χ0n) is 14.8. The van der Waals surface area contributed by atoms with E-state index in [4.69, 9.17) is 10.5 Å². The molecular weight excluding hydrogens is 334 g/mol. The highest BCUT2D eigenvalue weighted by atomic mass is 16.5. The lowest BCUT2D eigenvalue weighted by Crippen LogP contribution is -2.41. The first-order chi connectivity index (χ1) is 12.5. The number of hydrogen-bond acceptors (Lipinski definition) is 4. The van der Waals surface area contributed by atoms with E-state index in [2.05, 4.69) is 5.32 Å². The molecule has 0 aliphatic carbocycles. The third-order valence-electron chi connectivity index (χ3n) is 5.03. The van der Waals surface area contributed by atoms with Gasteiger partial charge >= 0.3 is 0 Å². The van der Waals surface area contributed by atoms with Gasteiger partial charge in [0.2, 0.25) is 17.7 Å². The molecule has 0 unspecified atom stereocenters. The highest BCUT2D eigenvalue weighted by molar-refractivity contribution is 5.94. The normalized spacial score (nSPS) is 17.4. The number of ether oxygens (including phenoxy) is 1. The van der Waals surface area contributed by atoms with Crippen LogP contribution in [0.2, 0.25) is 0 Å². The van der Waals surface area contributed by atoms with Crippen LogP contribution < -0.4 is 15.8 Å². The predicted octanol–water partition coefficient (Wildman–Crippen LogP) is 1.45. The second kappa shape index (κ2) is 8.21. The number of fused-ring (bicyclic) bond motifs is 1. The number of aryl methyl sites for hydroxylation is 1. The first-order valence-electron chi connectivity index (χ1n) is 9.15. The van der Waals surface area contributed by atoms with Crippen molar-refractivity contribution >= 4 is 23.4 Å². The lowest BCUT2D eigenvalue weighted by atomic mass is 9.96. The smallest absolute Gasteiger partial charge is 0.224 e. The van der Waals surface area contributed by atoms with E-state index in [-0.39, 0.29) is 23.6 Å². The highest BCUT2D eigenvalue weighted by Crippen LogP contribution is 2.27. The largest absolute Gasteiger partial charge is 0.494 e. The molecule has 0 bridgehead atoms. The third-order valence-corrected chi connectivity index (χ3v) is 5.03. The molecule has 1 saturated heterocycles. The van der Waals surface area contributed by atoms with Crippen molar-refractivity contribution < 1.29 is 19.1 Å². The summed E-state index contributed by atoms with van der Waals surface area (Å²) in [6.45, 7) is 1.67. The number of likely N-dealkylation sites (tertiary alicyclic amines) is 1. The Bertz CT molecular complexity index is 696. The summed E-state index contributed by atoms with van der Waals surface area (Å²) in [5, 5.41) is 2.84. The molecule has 7 heteroatoms. The molecule has 1 aromatic rings. The molecule has 3 N–H and O–H groups in total. The summed E-state index contributed by atoms with van der Waals surface area (Å²) in [7, 11) is 0. The van der Waals surface area contributed by atoms with Gasteiger partial charge in [-0.25, -0.2) is 0 Å². The number of primary amides is 1. The molecule has 0 saturated carbocycles. The molecule has 2 aliphatic heterocycles. The van der Waals surface area contributed by atoms with E-state index in [1.54, 1.807) is 4.90 Å². The Balaban J connectivity index is 1.38. The van der Waals surface area contributed by atoms with Gasteiger partial charge in [-0.05, 0) is 49.4 Å². The second-order valence-corrected chi connectivity index (χ2v) is 6.88. The summed E-state index contributed by atoms with van der Waals surface area (Å²) >= 11 is 0. The number of carbonyl (C=O) groups is 3. The molecule has 0 radical (unpaired) electrons. The van der Waals surface area contributed by atoms with Crippen molar-refractivity contribution in [1.82, 2.24) is 4.90 Å². The molecule has 7 nitrogen and oxygen atoms in total. The number of rotatable bonds is 6. The van der Waals surface area contributed by atoms with E-state index >= 15 is 0 Å². The van der Waals surface area contributed by atoms with E-state index in [0.717, 1.165) is 23.4 Å². The van der Waals surface area contributed by atoms with Crippen LogP contribution in [0.25, 0.3) is 0 Å². The zero-order chi connectivity index (χ0) is 18.5. The number of benzene rings is 1. The minimum atomic E-state index is -0.268. The van der Waals surface area contributed by atoms with Gasteiger partial charge in [0.15, 0.2) is 0 Å². The molecule has 0 atom stereocenters. The number of nitrogens with one attached hydrogen (secondary N) is 1. The summed E-state index contributed by atoms with van der Waals surface area (Å²) < 4.78 is 5.74. The van der Waals surface area contributed by atoms with Gasteiger partial charge in [0.05, 0.1) is 6.61 Å². The van der Waals surface area contributed by atoms with Crippen molar-refractivity contribution in [2.45, 2.75) is 38.5 Å². The van der Waals surface area contributed by atoms with E-state index in [1.807, 2.05) is 18.2 Å². The van der Waals surface area contributed by atoms with Crippen molar-refractivity contribution in [2.24, 2.45) is 11.7 Å². The van der Waals surface area contributed by atoms with E-state index < -0.39 is 0 Å². The molecule has 0 aromatic heterocycles. The number of nitrogens with zero attached hydrogens (tertiary/aromatic N) is 1. The minimum Gasteiger partial charge on any atom is -0.494 e. The Labute approximate surface area is 152 Å². The lowest BCUT2D eigenvalue weighted by molar-refractivity contribution is -0.135. The van der Waals surface area contributed by atoms with Gasteiger partial charge in [0, 0.05) is 37.5 Å². The first kappa shape index (κ1) is 18.2. The molecule has 3 rings (SSSR count). The topological polar surface area (TPSA) is 102 Å². The fraction of sp³-hybridized carbons (Fsp3) is 0.526. The van der Waals surface area contributed by atoms with Crippen LogP contribution in [0.3, 0.4) is 0 Å². The van der Waals surface area contributed by atoms with Gasteiger partial charge < -0.3 is 20.7 Å². The Kier molecular flexibility index (Phi) is 5.75. The van der Waals surface area contributed by atoms with Crippen molar-refractivity contribution in [3.05, 3.63) is 23.8 Å². The standard InChI is InChI=1S/C19H25N3O4/c20-19(25)13-7-9-22(10-8-13)18(24)2-1-11-26-15-4-5-16-14(12-15)3-6-17(23)21-16/h4-5,12-13H,1-3,6-11H2,(H2,20,25)(H,21,23). The Morgan fingerprint density at radius 1 is 1.23 bits per heavy atom. The van der Waals surface area contributed by atoms with Crippen molar-refractivity contribution in [3.8, 4) is 5.75 Å². The van der Waals surface area contributed by atoms with Crippen molar-refractivity contribution in [3.63, 3.8) is 0 Å². The molecule has 3 amide bonds. The van der Waals surface area contributed by atoms with Crippen molar-refractivity contribution in [1.29, 1.82) is 0 Å². The molecule has 2 aliphatic rings. The van der Waals surface area contributed by atoms with Crippen LogP contribution in [0.5, 0.6) is 5.75 Å². The number of nitrogens with two attached hydrogens (primary N) is 1. The molecule has 140 valence electrons. The van der Waals surface area contributed by atoms with Crippen LogP contribution in [-0.2, 0) is 20.8 Å². The zero-order valence-corrected chi connectivity index (χ0v) is 14.8. The van der Waals surface area contributed by atoms with Crippen LogP contribution in [0.1, 0.15) is 37.7 Å². The fourth-order valence-corrected chi connectivity index (χ4v) is 3.43. The summed E-state index contributed by atoms with van der Waals surface area (Å²) in [5.74, 6) is 0.537. The number of hydrogen-bond donors (Lipinski definition) is 2. The Morgan fingerprint density at radius 2 is 2.00 bits per heavy atom. The molecule has 26 heavy (non-hydrogen) atoms. The van der Waals surface area contributed by atoms with Gasteiger partial charge in [-0.15, -0.1) is 0 Å². The first-order valence-corrected chi connectivity index (χ1v) is 9.15. The molecule has 2 heterocycles. The predicted molar refractivity (Wildman–Crippen MR) is 96.6 cm³/mol. The Hall–Kier alpha value is -2.57. The van der Waals surface area contributed by atoms with E-state index in [1.165, 1.54) is 0 Å². The summed E-state index contributed by atoms with van der Waals surface area (Å²) in [4.78, 5) is 36.6. The van der Waals surface area contributed by atoms with Gasteiger partial charge in [-0.1, -0.05) is 0 Å². The van der Waals surface area contributed by atoms with Gasteiger partial charge in [-0.2, -0.15) is 0 Å². The van der Waals surface area contributed by atoms with E-state index in [9.17, 15) is 14.4 Å². The maximum absolute atomic E-state index is 12.2. The summed E-state index contributed by atoms with van der Waals surface area (Å²) in [6.07, 6.45) is 3.60. The summed E-state index contributed by atoms with van der Waals surface area (Å²) in [6, 6.07) is 5.64.